The number of aromatic nitrogens is 2. The van der Waals surface area contributed by atoms with Crippen molar-refractivity contribution in [3.63, 3.8) is 0 Å². The van der Waals surface area contributed by atoms with E-state index in [0.29, 0.717) is 29.5 Å². The first-order chi connectivity index (χ1) is 11.6. The highest BCUT2D eigenvalue weighted by Crippen LogP contribution is 2.19. The number of hydrogen-bond acceptors (Lipinski definition) is 3. The van der Waals surface area contributed by atoms with E-state index in [2.05, 4.69) is 18.8 Å². The second kappa shape index (κ2) is 7.32. The van der Waals surface area contributed by atoms with Crippen LogP contribution in [0.2, 0.25) is 0 Å². The Morgan fingerprint density at radius 2 is 2.12 bits per heavy atom. The maximum atomic E-state index is 12.9. The lowest BCUT2D eigenvalue weighted by atomic mass is 10.2. The number of aromatic amines is 1. The number of nitrogens with one attached hydrogen (secondary N) is 1. The third-order valence-corrected chi connectivity index (χ3v) is 4.41. The normalized spacial score (nSPS) is 17.6. The van der Waals surface area contributed by atoms with Crippen LogP contribution in [-0.4, -0.2) is 46.2 Å². The van der Waals surface area contributed by atoms with Gasteiger partial charge in [-0.1, -0.05) is 32.0 Å². The largest absolute Gasteiger partial charge is 0.376 e. The zero-order valence-corrected chi connectivity index (χ0v) is 14.9. The maximum absolute atomic E-state index is 12.9. The van der Waals surface area contributed by atoms with Gasteiger partial charge in [-0.05, 0) is 36.7 Å². The summed E-state index contributed by atoms with van der Waals surface area (Å²) in [6.45, 7) is 6.35. The average Bonchev–Trinajstić information content (AvgIpc) is 3.20. The fraction of sp³-hybridized carbons (Fsp3) is 0.444. The Hall–Kier alpha value is -1.92. The van der Waals surface area contributed by atoms with Gasteiger partial charge in [0, 0.05) is 31.6 Å². The molecule has 1 atom stereocenters. The Morgan fingerprint density at radius 3 is 2.83 bits per heavy atom. The molecule has 1 aromatic carbocycles. The zero-order valence-electron chi connectivity index (χ0n) is 14.1. The van der Waals surface area contributed by atoms with Gasteiger partial charge in [0.15, 0.2) is 4.77 Å². The molecular weight excluding hydrogens is 322 g/mol. The molecule has 1 fully saturated rings. The molecule has 24 heavy (non-hydrogen) atoms. The van der Waals surface area contributed by atoms with Crippen LogP contribution in [0.25, 0.3) is 5.69 Å². The average molecular weight is 345 g/mol. The minimum atomic E-state index is -0.0122. The van der Waals surface area contributed by atoms with Crippen molar-refractivity contribution in [3.05, 3.63) is 47.0 Å². The van der Waals surface area contributed by atoms with Crippen LogP contribution in [0.4, 0.5) is 0 Å². The Bertz CT molecular complexity index is 751. The van der Waals surface area contributed by atoms with E-state index < -0.39 is 0 Å². The summed E-state index contributed by atoms with van der Waals surface area (Å²) in [6.07, 6.45) is 2.71. The first kappa shape index (κ1) is 16.9. The molecule has 6 heteroatoms. The van der Waals surface area contributed by atoms with Gasteiger partial charge in [-0.15, -0.1) is 0 Å². The summed E-state index contributed by atoms with van der Waals surface area (Å²) >= 11 is 5.35. The molecule has 0 saturated carbocycles. The molecule has 1 aromatic heterocycles. The zero-order chi connectivity index (χ0) is 17.1. The fourth-order valence-electron chi connectivity index (χ4n) is 2.90. The molecule has 0 radical (unpaired) electrons. The standard InChI is InChI=1S/C18H23N3O2S/c1-13(2)12-23-15-8-9-20(11-15)17(22)16-10-19-18(24)21(16)14-6-4-3-5-7-14/h3-7,10,13,15H,8-9,11-12H2,1-2H3,(H,19,24)/t15-/m0/s1. The SMILES string of the molecule is CC(C)CO[C@H]1CCN(C(=O)c2c[nH]c(=S)n2-c2ccccc2)C1. The second-order valence-corrected chi connectivity index (χ2v) is 6.93. The van der Waals surface area contributed by atoms with Gasteiger partial charge in [-0.3, -0.25) is 9.36 Å². The van der Waals surface area contributed by atoms with Gasteiger partial charge in [-0.2, -0.15) is 0 Å². The number of hydrogen-bond donors (Lipinski definition) is 1. The van der Waals surface area contributed by atoms with Crippen LogP contribution in [0.5, 0.6) is 0 Å². The van der Waals surface area contributed by atoms with Crippen molar-refractivity contribution >= 4 is 18.1 Å². The number of amides is 1. The lowest BCUT2D eigenvalue weighted by Gasteiger charge is -2.18. The Labute approximate surface area is 147 Å². The van der Waals surface area contributed by atoms with Crippen molar-refractivity contribution in [3.8, 4) is 5.69 Å². The highest BCUT2D eigenvalue weighted by Gasteiger charge is 2.29. The smallest absolute Gasteiger partial charge is 0.272 e. The number of carbonyl (C=O) groups excluding carboxylic acids is 1. The summed E-state index contributed by atoms with van der Waals surface area (Å²) in [5.41, 5.74) is 1.45. The third kappa shape index (κ3) is 3.60. The summed E-state index contributed by atoms with van der Waals surface area (Å²) in [7, 11) is 0. The molecule has 5 nitrogen and oxygen atoms in total. The molecular formula is C18H23N3O2S. The quantitative estimate of drug-likeness (QED) is 0.845. The van der Waals surface area contributed by atoms with Gasteiger partial charge in [0.2, 0.25) is 0 Å². The van der Waals surface area contributed by atoms with Crippen molar-refractivity contribution in [1.82, 2.24) is 14.5 Å². The number of carbonyl (C=O) groups is 1. The van der Waals surface area contributed by atoms with E-state index in [0.717, 1.165) is 18.7 Å². The number of para-hydroxylation sites is 1. The molecule has 3 rings (SSSR count). The lowest BCUT2D eigenvalue weighted by Crippen LogP contribution is -2.31. The molecule has 0 bridgehead atoms. The number of nitrogens with zero attached hydrogens (tertiary/aromatic N) is 2. The van der Waals surface area contributed by atoms with E-state index in [1.807, 2.05) is 35.2 Å². The van der Waals surface area contributed by atoms with Gasteiger partial charge < -0.3 is 14.6 Å². The number of likely N-dealkylation sites (tertiary alicyclic amines) is 1. The van der Waals surface area contributed by atoms with Crippen molar-refractivity contribution in [1.29, 1.82) is 0 Å². The number of rotatable bonds is 5. The van der Waals surface area contributed by atoms with Gasteiger partial charge >= 0.3 is 0 Å². The molecule has 2 aromatic rings. The maximum Gasteiger partial charge on any atom is 0.272 e. The Morgan fingerprint density at radius 1 is 1.38 bits per heavy atom. The molecule has 1 aliphatic heterocycles. The molecule has 0 unspecified atom stereocenters. The van der Waals surface area contributed by atoms with Crippen LogP contribution in [-0.2, 0) is 4.74 Å². The van der Waals surface area contributed by atoms with Crippen molar-refractivity contribution < 1.29 is 9.53 Å². The van der Waals surface area contributed by atoms with Gasteiger partial charge in [0.05, 0.1) is 6.10 Å². The first-order valence-corrected chi connectivity index (χ1v) is 8.74. The monoisotopic (exact) mass is 345 g/mol. The van der Waals surface area contributed by atoms with Crippen LogP contribution in [0.15, 0.2) is 36.5 Å². The van der Waals surface area contributed by atoms with E-state index in [1.165, 1.54) is 0 Å². The summed E-state index contributed by atoms with van der Waals surface area (Å²) in [4.78, 5) is 17.8. The molecule has 1 amide bonds. The minimum absolute atomic E-state index is 0.0122. The molecule has 0 spiro atoms. The van der Waals surface area contributed by atoms with Crippen LogP contribution in [0, 0.1) is 10.7 Å². The number of ether oxygens (including phenoxy) is 1. The summed E-state index contributed by atoms with van der Waals surface area (Å²) in [5, 5.41) is 0. The van der Waals surface area contributed by atoms with E-state index in [1.54, 1.807) is 10.8 Å². The molecule has 1 saturated heterocycles. The highest BCUT2D eigenvalue weighted by atomic mass is 32.1. The molecule has 2 heterocycles. The lowest BCUT2D eigenvalue weighted by molar-refractivity contribution is 0.0395. The van der Waals surface area contributed by atoms with Crippen molar-refractivity contribution in [2.24, 2.45) is 5.92 Å². The van der Waals surface area contributed by atoms with Crippen LogP contribution >= 0.6 is 12.2 Å². The van der Waals surface area contributed by atoms with Gasteiger partial charge in [-0.25, -0.2) is 0 Å². The summed E-state index contributed by atoms with van der Waals surface area (Å²) in [6, 6.07) is 9.70. The topological polar surface area (TPSA) is 50.3 Å². The minimum Gasteiger partial charge on any atom is -0.376 e. The summed E-state index contributed by atoms with van der Waals surface area (Å²) < 4.78 is 8.19. The number of H-pyrrole nitrogens is 1. The Balaban J connectivity index is 1.76. The second-order valence-electron chi connectivity index (χ2n) is 6.54. The molecule has 1 aliphatic rings. The van der Waals surface area contributed by atoms with E-state index in [9.17, 15) is 4.79 Å². The molecule has 128 valence electrons. The Kier molecular flexibility index (Phi) is 5.16. The van der Waals surface area contributed by atoms with E-state index in [4.69, 9.17) is 17.0 Å². The van der Waals surface area contributed by atoms with Crippen LogP contribution < -0.4 is 0 Å². The summed E-state index contributed by atoms with van der Waals surface area (Å²) in [5.74, 6) is 0.490. The third-order valence-electron chi connectivity index (χ3n) is 4.11. The van der Waals surface area contributed by atoms with Gasteiger partial charge in [0.1, 0.15) is 5.69 Å². The predicted octanol–water partition coefficient (Wildman–Crippen LogP) is 3.42. The van der Waals surface area contributed by atoms with Crippen LogP contribution in [0.1, 0.15) is 30.8 Å². The predicted molar refractivity (Wildman–Crippen MR) is 96.1 cm³/mol. The molecule has 0 aliphatic carbocycles. The van der Waals surface area contributed by atoms with Crippen molar-refractivity contribution in [2.75, 3.05) is 19.7 Å². The van der Waals surface area contributed by atoms with E-state index >= 15 is 0 Å². The van der Waals surface area contributed by atoms with Gasteiger partial charge in [0.25, 0.3) is 5.91 Å². The highest BCUT2D eigenvalue weighted by molar-refractivity contribution is 7.71. The molecule has 1 N–H and O–H groups in total. The van der Waals surface area contributed by atoms with Crippen molar-refractivity contribution in [2.45, 2.75) is 26.4 Å². The van der Waals surface area contributed by atoms with E-state index in [-0.39, 0.29) is 12.0 Å². The fourth-order valence-corrected chi connectivity index (χ4v) is 3.16. The van der Waals surface area contributed by atoms with Crippen LogP contribution in [0.3, 0.4) is 0 Å². The number of benzene rings is 1. The number of imidazole rings is 1. The first-order valence-electron chi connectivity index (χ1n) is 8.33.